The van der Waals surface area contributed by atoms with E-state index in [4.69, 9.17) is 10.5 Å². The summed E-state index contributed by atoms with van der Waals surface area (Å²) in [4.78, 5) is 24.4. The number of nitrogens with one attached hydrogen (secondary N) is 2. The van der Waals surface area contributed by atoms with Crippen LogP contribution in [-0.4, -0.2) is 27.1 Å². The summed E-state index contributed by atoms with van der Waals surface area (Å²) < 4.78 is 44.2. The number of nitrogens with two attached hydrogens (primary N) is 1. The van der Waals surface area contributed by atoms with Crippen molar-refractivity contribution in [2.75, 3.05) is 16.4 Å². The SMILES string of the molecule is Cc1cnc(N)c(C2=CCC(Oc3ncc(NC(=O)Nc4cccc(C(F)(F)F)c4)cn3)C=C2)c1. The zero-order valence-corrected chi connectivity index (χ0v) is 18.5. The van der Waals surface area contributed by atoms with Crippen LogP contribution < -0.4 is 21.1 Å². The number of hydrogen-bond donors (Lipinski definition) is 3. The van der Waals surface area contributed by atoms with Gasteiger partial charge in [0.1, 0.15) is 11.9 Å². The lowest BCUT2D eigenvalue weighted by Gasteiger charge is -2.18. The number of aromatic nitrogens is 3. The van der Waals surface area contributed by atoms with Crippen molar-refractivity contribution >= 4 is 28.8 Å². The number of halogens is 3. The maximum absolute atomic E-state index is 12.8. The number of amides is 2. The average molecular weight is 482 g/mol. The number of hydrogen-bond acceptors (Lipinski definition) is 6. The Bertz CT molecular complexity index is 1290. The van der Waals surface area contributed by atoms with Gasteiger partial charge in [0.15, 0.2) is 0 Å². The summed E-state index contributed by atoms with van der Waals surface area (Å²) >= 11 is 0. The number of pyridine rings is 1. The fraction of sp³-hybridized carbons (Fsp3) is 0.167. The molecule has 0 saturated heterocycles. The largest absolute Gasteiger partial charge is 0.456 e. The third-order valence-electron chi connectivity index (χ3n) is 5.02. The quantitative estimate of drug-likeness (QED) is 0.460. The van der Waals surface area contributed by atoms with Crippen LogP contribution in [0.3, 0.4) is 0 Å². The Morgan fingerprint density at radius 1 is 1.09 bits per heavy atom. The zero-order valence-electron chi connectivity index (χ0n) is 18.5. The van der Waals surface area contributed by atoms with Gasteiger partial charge in [-0.1, -0.05) is 18.2 Å². The van der Waals surface area contributed by atoms with Gasteiger partial charge < -0.3 is 21.1 Å². The highest BCUT2D eigenvalue weighted by Crippen LogP contribution is 2.31. The van der Waals surface area contributed by atoms with Gasteiger partial charge in [-0.15, -0.1) is 0 Å². The van der Waals surface area contributed by atoms with Crippen molar-refractivity contribution in [1.29, 1.82) is 0 Å². The second kappa shape index (κ2) is 9.84. The van der Waals surface area contributed by atoms with Crippen LogP contribution in [0.4, 0.5) is 35.2 Å². The van der Waals surface area contributed by atoms with Crippen LogP contribution in [0.25, 0.3) is 5.57 Å². The van der Waals surface area contributed by atoms with Gasteiger partial charge in [0.2, 0.25) is 0 Å². The van der Waals surface area contributed by atoms with Gasteiger partial charge in [0.05, 0.1) is 23.6 Å². The molecule has 0 saturated carbocycles. The van der Waals surface area contributed by atoms with E-state index in [1.54, 1.807) is 6.20 Å². The molecule has 1 aromatic carbocycles. The third kappa shape index (κ3) is 6.14. The molecular weight excluding hydrogens is 461 g/mol. The normalized spacial score (nSPS) is 15.3. The maximum atomic E-state index is 12.8. The average Bonchev–Trinajstić information content (AvgIpc) is 2.82. The number of carbonyl (C=O) groups excluding carboxylic acids is 1. The number of alkyl halides is 3. The second-order valence-electron chi connectivity index (χ2n) is 7.77. The van der Waals surface area contributed by atoms with Crippen molar-refractivity contribution in [2.24, 2.45) is 0 Å². The molecule has 1 aliphatic carbocycles. The van der Waals surface area contributed by atoms with Crippen LogP contribution in [0.15, 0.2) is 67.2 Å². The second-order valence-corrected chi connectivity index (χ2v) is 7.77. The standard InChI is InChI=1S/C24H21F3N6O2/c1-14-9-20(21(28)29-11-14)15-5-7-19(8-6-15)35-23-30-12-18(13-31-23)33-22(34)32-17-4-2-3-16(10-17)24(25,26)27/h2-7,9-13,19H,8H2,1H3,(H2,28,29)(H2,32,33,34). The van der Waals surface area contributed by atoms with E-state index < -0.39 is 17.8 Å². The lowest BCUT2D eigenvalue weighted by Crippen LogP contribution is -2.20. The molecule has 2 amide bonds. The smallest absolute Gasteiger partial charge is 0.416 e. The summed E-state index contributed by atoms with van der Waals surface area (Å²) in [6.45, 7) is 1.94. The van der Waals surface area contributed by atoms with E-state index in [0.29, 0.717) is 12.2 Å². The summed E-state index contributed by atoms with van der Waals surface area (Å²) in [6, 6.07) is 5.66. The van der Waals surface area contributed by atoms with Gasteiger partial charge in [0, 0.05) is 23.9 Å². The number of aryl methyl sites for hydroxylation is 1. The molecule has 1 unspecified atom stereocenters. The van der Waals surface area contributed by atoms with Crippen LogP contribution in [0.5, 0.6) is 6.01 Å². The zero-order chi connectivity index (χ0) is 25.0. The van der Waals surface area contributed by atoms with E-state index in [-0.39, 0.29) is 23.5 Å². The summed E-state index contributed by atoms with van der Waals surface area (Å²) in [6.07, 6.45) is 5.91. The fourth-order valence-corrected chi connectivity index (χ4v) is 3.34. The van der Waals surface area contributed by atoms with E-state index >= 15 is 0 Å². The summed E-state index contributed by atoms with van der Waals surface area (Å²) in [5.41, 5.74) is 8.17. The van der Waals surface area contributed by atoms with Crippen molar-refractivity contribution in [1.82, 2.24) is 15.0 Å². The molecule has 4 rings (SSSR count). The van der Waals surface area contributed by atoms with Gasteiger partial charge in [-0.05, 0) is 48.4 Å². The molecule has 0 aliphatic heterocycles. The van der Waals surface area contributed by atoms with Crippen molar-refractivity contribution < 1.29 is 22.7 Å². The molecule has 0 radical (unpaired) electrons. The number of rotatable bonds is 5. The predicted molar refractivity (Wildman–Crippen MR) is 126 cm³/mol. The molecule has 2 heterocycles. The maximum Gasteiger partial charge on any atom is 0.416 e. The molecule has 1 atom stereocenters. The number of nitrogens with zero attached hydrogens (tertiary/aromatic N) is 3. The van der Waals surface area contributed by atoms with Crippen LogP contribution in [0, 0.1) is 6.92 Å². The molecule has 11 heteroatoms. The Morgan fingerprint density at radius 2 is 1.83 bits per heavy atom. The molecule has 1 aliphatic rings. The monoisotopic (exact) mass is 482 g/mol. The number of benzene rings is 1. The van der Waals surface area contributed by atoms with Gasteiger partial charge in [0.25, 0.3) is 0 Å². The molecule has 2 aromatic heterocycles. The highest BCUT2D eigenvalue weighted by atomic mass is 19.4. The Hall–Kier alpha value is -4.41. The van der Waals surface area contributed by atoms with Crippen molar-refractivity contribution in [2.45, 2.75) is 25.6 Å². The van der Waals surface area contributed by atoms with Gasteiger partial charge in [-0.3, -0.25) is 0 Å². The molecule has 0 fully saturated rings. The minimum absolute atomic E-state index is 0.00194. The molecule has 3 aromatic rings. The van der Waals surface area contributed by atoms with Crippen LogP contribution in [0.2, 0.25) is 0 Å². The minimum Gasteiger partial charge on any atom is -0.456 e. The topological polar surface area (TPSA) is 115 Å². The predicted octanol–water partition coefficient (Wildman–Crippen LogP) is 5.22. The van der Waals surface area contributed by atoms with Crippen molar-refractivity contribution in [3.05, 3.63) is 83.8 Å². The Balaban J connectivity index is 1.31. The van der Waals surface area contributed by atoms with Gasteiger partial charge in [-0.2, -0.15) is 13.2 Å². The van der Waals surface area contributed by atoms with Gasteiger partial charge >= 0.3 is 18.2 Å². The highest BCUT2D eigenvalue weighted by Gasteiger charge is 2.30. The molecule has 8 nitrogen and oxygen atoms in total. The number of carbonyl (C=O) groups is 1. The molecule has 0 spiro atoms. The van der Waals surface area contributed by atoms with Crippen molar-refractivity contribution in [3.8, 4) is 6.01 Å². The molecule has 35 heavy (non-hydrogen) atoms. The Kier molecular flexibility index (Phi) is 6.67. The summed E-state index contributed by atoms with van der Waals surface area (Å²) in [7, 11) is 0. The van der Waals surface area contributed by atoms with E-state index in [9.17, 15) is 18.0 Å². The van der Waals surface area contributed by atoms with E-state index in [1.807, 2.05) is 31.2 Å². The lowest BCUT2D eigenvalue weighted by molar-refractivity contribution is -0.137. The van der Waals surface area contributed by atoms with Crippen molar-refractivity contribution in [3.63, 3.8) is 0 Å². The Morgan fingerprint density at radius 3 is 2.51 bits per heavy atom. The minimum atomic E-state index is -4.51. The van der Waals surface area contributed by atoms with Gasteiger partial charge in [-0.25, -0.2) is 19.7 Å². The number of urea groups is 1. The molecule has 0 bridgehead atoms. The van der Waals surface area contributed by atoms with E-state index in [0.717, 1.165) is 28.8 Å². The summed E-state index contributed by atoms with van der Waals surface area (Å²) in [5.74, 6) is 0.453. The van der Waals surface area contributed by atoms with E-state index in [2.05, 4.69) is 25.6 Å². The highest BCUT2D eigenvalue weighted by molar-refractivity contribution is 5.99. The first-order valence-electron chi connectivity index (χ1n) is 10.5. The van der Waals surface area contributed by atoms with E-state index in [1.165, 1.54) is 24.5 Å². The fourth-order valence-electron chi connectivity index (χ4n) is 3.34. The van der Waals surface area contributed by atoms with Crippen LogP contribution >= 0.6 is 0 Å². The Labute approximate surface area is 198 Å². The number of anilines is 3. The molecule has 4 N–H and O–H groups in total. The van der Waals surface area contributed by atoms with Crippen LogP contribution in [0.1, 0.15) is 23.1 Å². The first kappa shape index (κ1) is 23.7. The number of allylic oxidation sites excluding steroid dienone is 2. The lowest BCUT2D eigenvalue weighted by atomic mass is 9.98. The van der Waals surface area contributed by atoms with Crippen LogP contribution in [-0.2, 0) is 6.18 Å². The third-order valence-corrected chi connectivity index (χ3v) is 5.02. The summed E-state index contributed by atoms with van der Waals surface area (Å²) in [5, 5.41) is 4.80. The molecular formula is C24H21F3N6O2. The molecule has 180 valence electrons. The first-order valence-corrected chi connectivity index (χ1v) is 10.5. The first-order chi connectivity index (χ1) is 16.7. The number of ether oxygens (including phenoxy) is 1. The number of nitrogen functional groups attached to an aromatic ring is 1.